The summed E-state index contributed by atoms with van der Waals surface area (Å²) in [7, 11) is 0. The van der Waals surface area contributed by atoms with Crippen LogP contribution in [0.15, 0.2) is 43.1 Å². The summed E-state index contributed by atoms with van der Waals surface area (Å²) in [4.78, 5) is 22.4. The quantitative estimate of drug-likeness (QED) is 0.567. The summed E-state index contributed by atoms with van der Waals surface area (Å²) < 4.78 is 8.70. The van der Waals surface area contributed by atoms with Crippen molar-refractivity contribution in [3.05, 3.63) is 43.1 Å². The fourth-order valence-electron chi connectivity index (χ4n) is 2.71. The maximum absolute atomic E-state index is 11.8. The Morgan fingerprint density at radius 3 is 3.00 bits per heavy atom. The van der Waals surface area contributed by atoms with E-state index in [4.69, 9.17) is 4.74 Å². The summed E-state index contributed by atoms with van der Waals surface area (Å²) in [6.45, 7) is 8.68. The van der Waals surface area contributed by atoms with E-state index in [2.05, 4.69) is 40.8 Å². The first-order chi connectivity index (χ1) is 12.5. The summed E-state index contributed by atoms with van der Waals surface area (Å²) in [5.41, 5.74) is 1.02. The highest BCUT2D eigenvalue weighted by Gasteiger charge is 2.26. The van der Waals surface area contributed by atoms with E-state index >= 15 is 0 Å². The molecule has 0 atom stereocenters. The van der Waals surface area contributed by atoms with E-state index in [0.717, 1.165) is 5.52 Å². The molecule has 3 aromatic heterocycles. The van der Waals surface area contributed by atoms with Crippen molar-refractivity contribution in [1.82, 2.24) is 24.1 Å². The van der Waals surface area contributed by atoms with Crippen LogP contribution in [-0.4, -0.2) is 43.3 Å². The van der Waals surface area contributed by atoms with Gasteiger partial charge in [-0.1, -0.05) is 6.58 Å². The van der Waals surface area contributed by atoms with Crippen LogP contribution < -0.4 is 10.2 Å². The number of imidazole rings is 1. The van der Waals surface area contributed by atoms with Gasteiger partial charge in [-0.05, 0) is 26.0 Å². The topological polar surface area (TPSA) is 89.6 Å². The summed E-state index contributed by atoms with van der Waals surface area (Å²) >= 11 is 0. The summed E-state index contributed by atoms with van der Waals surface area (Å²) in [6.07, 6.45) is 5.51. The largest absolute Gasteiger partial charge is 0.459 e. The van der Waals surface area contributed by atoms with Gasteiger partial charge in [0.2, 0.25) is 5.95 Å². The fraction of sp³-hybridized carbons (Fsp3) is 0.294. The van der Waals surface area contributed by atoms with Gasteiger partial charge in [-0.2, -0.15) is 4.98 Å². The van der Waals surface area contributed by atoms with E-state index in [1.807, 2.05) is 29.1 Å². The lowest BCUT2D eigenvalue weighted by Gasteiger charge is -2.27. The van der Waals surface area contributed by atoms with Crippen LogP contribution in [0, 0.1) is 0 Å². The lowest BCUT2D eigenvalue weighted by molar-refractivity contribution is -0.140. The van der Waals surface area contributed by atoms with Crippen LogP contribution in [0.2, 0.25) is 0 Å². The van der Waals surface area contributed by atoms with Crippen LogP contribution in [0.25, 0.3) is 5.52 Å². The van der Waals surface area contributed by atoms with Crippen LogP contribution in [-0.2, 0) is 9.53 Å². The fourth-order valence-corrected chi connectivity index (χ4v) is 2.71. The number of nitrogens with one attached hydrogen (secondary N) is 1. The number of carbonyl (C=O) groups excluding carboxylic acids is 1. The molecule has 9 heteroatoms. The molecule has 1 N–H and O–H groups in total. The van der Waals surface area contributed by atoms with E-state index in [1.165, 1.54) is 0 Å². The third-order valence-electron chi connectivity index (χ3n) is 4.17. The second kappa shape index (κ2) is 6.17. The van der Waals surface area contributed by atoms with Crippen molar-refractivity contribution in [3.63, 3.8) is 0 Å². The first-order valence-electron chi connectivity index (χ1n) is 8.32. The van der Waals surface area contributed by atoms with Gasteiger partial charge in [0.15, 0.2) is 5.82 Å². The third-order valence-corrected chi connectivity index (χ3v) is 4.17. The Hall–Kier alpha value is -3.36. The van der Waals surface area contributed by atoms with Gasteiger partial charge in [0.25, 0.3) is 0 Å². The highest BCUT2D eigenvalue weighted by molar-refractivity contribution is 5.92. The van der Waals surface area contributed by atoms with Crippen molar-refractivity contribution < 1.29 is 9.53 Å². The maximum atomic E-state index is 11.8. The minimum absolute atomic E-state index is 0.220. The first kappa shape index (κ1) is 16.1. The van der Waals surface area contributed by atoms with E-state index in [-0.39, 0.29) is 12.3 Å². The van der Waals surface area contributed by atoms with Gasteiger partial charge in [0.05, 0.1) is 12.9 Å². The first-order valence-corrected chi connectivity index (χ1v) is 8.32. The molecule has 0 unspecified atom stereocenters. The Bertz CT molecular complexity index is 988. The number of hydrogen-bond acceptors (Lipinski definition) is 7. The Morgan fingerprint density at radius 2 is 2.23 bits per heavy atom. The lowest BCUT2D eigenvalue weighted by Crippen LogP contribution is -2.38. The Labute approximate surface area is 149 Å². The van der Waals surface area contributed by atoms with Gasteiger partial charge in [-0.3, -0.25) is 4.90 Å². The number of hydrogen-bond donors (Lipinski definition) is 1. The number of cyclic esters (lactones) is 1. The molecule has 0 saturated carbocycles. The molecule has 3 aromatic rings. The molecule has 134 valence electrons. The highest BCUT2D eigenvalue weighted by Crippen LogP contribution is 2.24. The number of fused-ring (bicyclic) bond motifs is 1. The van der Waals surface area contributed by atoms with E-state index in [0.29, 0.717) is 30.2 Å². The number of carbonyl (C=O) groups is 1. The zero-order chi connectivity index (χ0) is 18.3. The molecule has 0 aliphatic carbocycles. The molecule has 4 heterocycles. The number of morpholine rings is 1. The summed E-state index contributed by atoms with van der Waals surface area (Å²) in [6, 6.07) is 4.10. The molecular formula is C17H19N7O2. The van der Waals surface area contributed by atoms with Gasteiger partial charge in [-0.15, -0.1) is 5.10 Å². The van der Waals surface area contributed by atoms with Crippen LogP contribution in [0.1, 0.15) is 19.9 Å². The van der Waals surface area contributed by atoms with Gasteiger partial charge < -0.3 is 14.6 Å². The van der Waals surface area contributed by atoms with Gasteiger partial charge in [0.1, 0.15) is 23.6 Å². The van der Waals surface area contributed by atoms with Gasteiger partial charge >= 0.3 is 5.97 Å². The molecule has 1 aliphatic rings. The predicted octanol–water partition coefficient (Wildman–Crippen LogP) is 2.13. The second-order valence-corrected chi connectivity index (χ2v) is 6.26. The zero-order valence-corrected chi connectivity index (χ0v) is 14.6. The van der Waals surface area contributed by atoms with E-state index < -0.39 is 5.97 Å². The molecular weight excluding hydrogens is 334 g/mol. The molecule has 0 amide bonds. The average molecular weight is 353 g/mol. The van der Waals surface area contributed by atoms with Crippen molar-refractivity contribution >= 4 is 29.1 Å². The number of ether oxygens (including phenoxy) is 1. The molecule has 0 bridgehead atoms. The molecule has 9 nitrogen and oxygen atoms in total. The van der Waals surface area contributed by atoms with Crippen LogP contribution in [0.3, 0.4) is 0 Å². The number of aromatic nitrogens is 5. The SMILES string of the molecule is C=C1C(=O)OCCN1c1nc(Nc2cn(C(C)C)cn2)c2cccn2n1. The van der Waals surface area contributed by atoms with Crippen LogP contribution in [0.4, 0.5) is 17.6 Å². The maximum Gasteiger partial charge on any atom is 0.354 e. The van der Waals surface area contributed by atoms with Crippen molar-refractivity contribution in [1.29, 1.82) is 0 Å². The van der Waals surface area contributed by atoms with E-state index in [9.17, 15) is 4.79 Å². The molecule has 1 fully saturated rings. The summed E-state index contributed by atoms with van der Waals surface area (Å²) in [5.74, 6) is 1.20. The minimum Gasteiger partial charge on any atom is -0.459 e. The van der Waals surface area contributed by atoms with Crippen LogP contribution >= 0.6 is 0 Å². The molecule has 4 rings (SSSR count). The number of rotatable bonds is 4. The smallest absolute Gasteiger partial charge is 0.354 e. The van der Waals surface area contributed by atoms with Gasteiger partial charge in [-0.25, -0.2) is 14.3 Å². The van der Waals surface area contributed by atoms with Crippen molar-refractivity contribution in [2.24, 2.45) is 0 Å². The van der Waals surface area contributed by atoms with Gasteiger partial charge in [0, 0.05) is 18.4 Å². The molecule has 0 aromatic carbocycles. The third kappa shape index (κ3) is 2.77. The normalized spacial score (nSPS) is 15.0. The molecule has 0 radical (unpaired) electrons. The molecule has 0 spiro atoms. The second-order valence-electron chi connectivity index (χ2n) is 6.26. The van der Waals surface area contributed by atoms with E-state index in [1.54, 1.807) is 15.7 Å². The highest BCUT2D eigenvalue weighted by atomic mass is 16.5. The number of nitrogens with zero attached hydrogens (tertiary/aromatic N) is 6. The standard InChI is InChI=1S/C17H19N7O2/c1-11(2)22-9-14(18-10-22)19-15-13-5-4-6-24(13)21-17(20-15)23-7-8-26-16(25)12(23)3/h4-6,9-11H,3,7-8H2,1-2H3,(H,19,20,21). The van der Waals surface area contributed by atoms with Crippen molar-refractivity contribution in [2.45, 2.75) is 19.9 Å². The zero-order valence-electron chi connectivity index (χ0n) is 14.6. The average Bonchev–Trinajstić information content (AvgIpc) is 3.26. The Morgan fingerprint density at radius 1 is 1.38 bits per heavy atom. The van der Waals surface area contributed by atoms with Crippen molar-refractivity contribution in [3.8, 4) is 0 Å². The van der Waals surface area contributed by atoms with Crippen LogP contribution in [0.5, 0.6) is 0 Å². The number of esters is 1. The molecule has 1 saturated heterocycles. The molecule has 1 aliphatic heterocycles. The van der Waals surface area contributed by atoms with Crippen molar-refractivity contribution in [2.75, 3.05) is 23.4 Å². The monoisotopic (exact) mass is 353 g/mol. The predicted molar refractivity (Wildman–Crippen MR) is 96.3 cm³/mol. The lowest BCUT2D eigenvalue weighted by atomic mass is 10.3. The summed E-state index contributed by atoms with van der Waals surface area (Å²) in [5, 5.41) is 7.71. The Balaban J connectivity index is 1.72. The number of anilines is 3. The Kier molecular flexibility index (Phi) is 3.83. The molecule has 26 heavy (non-hydrogen) atoms. The minimum atomic E-state index is -0.461.